The average Bonchev–Trinajstić information content (AvgIpc) is 3.01. The summed E-state index contributed by atoms with van der Waals surface area (Å²) in [6.45, 7) is 7.33. The highest BCUT2D eigenvalue weighted by molar-refractivity contribution is 5.42. The van der Waals surface area contributed by atoms with Crippen LogP contribution in [0.25, 0.3) is 0 Å². The molecule has 2 nitrogen and oxygen atoms in total. The van der Waals surface area contributed by atoms with Crippen LogP contribution in [0.3, 0.4) is 0 Å². The number of hydrogen-bond acceptors (Lipinski definition) is 2. The molecule has 0 amide bonds. The van der Waals surface area contributed by atoms with Crippen molar-refractivity contribution in [2.45, 2.75) is 32.1 Å². The van der Waals surface area contributed by atoms with Gasteiger partial charge in [-0.1, -0.05) is 23.8 Å². The van der Waals surface area contributed by atoms with Gasteiger partial charge in [0.05, 0.1) is 13.2 Å². The van der Waals surface area contributed by atoms with Gasteiger partial charge in [-0.15, -0.1) is 0 Å². The molecule has 2 fully saturated rings. The van der Waals surface area contributed by atoms with Crippen molar-refractivity contribution in [2.24, 2.45) is 5.41 Å². The van der Waals surface area contributed by atoms with E-state index in [1.807, 2.05) is 0 Å². The van der Waals surface area contributed by atoms with Crippen LogP contribution in [-0.2, 0) is 10.2 Å². The van der Waals surface area contributed by atoms with Crippen LogP contribution in [0.1, 0.15) is 29.5 Å². The minimum Gasteiger partial charge on any atom is -0.379 e. The molecule has 0 spiro atoms. The van der Waals surface area contributed by atoms with E-state index in [4.69, 9.17) is 4.74 Å². The van der Waals surface area contributed by atoms with Crippen molar-refractivity contribution in [3.05, 3.63) is 34.9 Å². The molecular weight excluding hydrogens is 222 g/mol. The summed E-state index contributed by atoms with van der Waals surface area (Å²) in [4.78, 5) is 0. The molecule has 0 aromatic heterocycles. The molecule has 1 N–H and O–H groups in total. The van der Waals surface area contributed by atoms with Gasteiger partial charge in [-0.3, -0.25) is 0 Å². The van der Waals surface area contributed by atoms with Gasteiger partial charge in [0.1, 0.15) is 0 Å². The molecule has 2 heteroatoms. The lowest BCUT2D eigenvalue weighted by atomic mass is 9.64. The largest absolute Gasteiger partial charge is 0.379 e. The minimum atomic E-state index is 0.272. The Labute approximate surface area is 110 Å². The van der Waals surface area contributed by atoms with E-state index in [9.17, 15) is 0 Å². The molecule has 1 saturated heterocycles. The molecule has 1 heterocycles. The third kappa shape index (κ3) is 1.55. The van der Waals surface area contributed by atoms with Crippen LogP contribution in [0.5, 0.6) is 0 Å². The molecule has 98 valence electrons. The summed E-state index contributed by atoms with van der Waals surface area (Å²) in [5, 5.41) is 3.39. The van der Waals surface area contributed by atoms with Crippen LogP contribution < -0.4 is 5.32 Å². The van der Waals surface area contributed by atoms with Crippen molar-refractivity contribution >= 4 is 0 Å². The fourth-order valence-electron chi connectivity index (χ4n) is 3.72. The van der Waals surface area contributed by atoms with E-state index in [1.165, 1.54) is 29.5 Å². The van der Waals surface area contributed by atoms with Crippen molar-refractivity contribution in [3.63, 3.8) is 0 Å². The van der Waals surface area contributed by atoms with Gasteiger partial charge in [0.25, 0.3) is 0 Å². The summed E-state index contributed by atoms with van der Waals surface area (Å²) < 4.78 is 5.62. The summed E-state index contributed by atoms with van der Waals surface area (Å²) in [5.74, 6) is 0. The van der Waals surface area contributed by atoms with Crippen molar-refractivity contribution < 1.29 is 4.74 Å². The van der Waals surface area contributed by atoms with E-state index in [-0.39, 0.29) is 5.41 Å². The maximum absolute atomic E-state index is 5.62. The Bertz CT molecular complexity index is 458. The molecule has 3 rings (SSSR count). The maximum atomic E-state index is 5.62. The van der Waals surface area contributed by atoms with Gasteiger partial charge in [0, 0.05) is 12.0 Å². The molecule has 0 unspecified atom stereocenters. The Morgan fingerprint density at radius 1 is 1.22 bits per heavy atom. The first kappa shape index (κ1) is 12.2. The van der Waals surface area contributed by atoms with Gasteiger partial charge < -0.3 is 10.1 Å². The molecule has 2 aliphatic rings. The van der Waals surface area contributed by atoms with Crippen LogP contribution in [0, 0.1) is 19.3 Å². The highest BCUT2D eigenvalue weighted by Crippen LogP contribution is 2.62. The van der Waals surface area contributed by atoms with E-state index >= 15 is 0 Å². The molecule has 1 aromatic carbocycles. The monoisotopic (exact) mass is 245 g/mol. The highest BCUT2D eigenvalue weighted by atomic mass is 16.5. The van der Waals surface area contributed by atoms with Gasteiger partial charge in [-0.05, 0) is 50.3 Å². The highest BCUT2D eigenvalue weighted by Gasteiger charge is 2.63. The Morgan fingerprint density at radius 3 is 2.39 bits per heavy atom. The Morgan fingerprint density at radius 2 is 1.94 bits per heavy atom. The van der Waals surface area contributed by atoms with Crippen molar-refractivity contribution in [1.82, 2.24) is 5.32 Å². The average molecular weight is 245 g/mol. The summed E-state index contributed by atoms with van der Waals surface area (Å²) >= 11 is 0. The fourth-order valence-corrected chi connectivity index (χ4v) is 3.72. The molecule has 0 atom stereocenters. The lowest BCUT2D eigenvalue weighted by Gasteiger charge is -2.49. The first-order chi connectivity index (χ1) is 8.63. The first-order valence-corrected chi connectivity index (χ1v) is 6.94. The lowest BCUT2D eigenvalue weighted by Crippen LogP contribution is -2.56. The Balaban J connectivity index is 2.01. The van der Waals surface area contributed by atoms with Gasteiger partial charge in [0.2, 0.25) is 0 Å². The van der Waals surface area contributed by atoms with E-state index in [1.54, 1.807) is 0 Å². The number of benzene rings is 1. The predicted octanol–water partition coefficient (Wildman–Crippen LogP) is 2.57. The lowest BCUT2D eigenvalue weighted by molar-refractivity contribution is -0.0989. The minimum absolute atomic E-state index is 0.272. The summed E-state index contributed by atoms with van der Waals surface area (Å²) in [6.07, 6.45) is 2.68. The topological polar surface area (TPSA) is 21.3 Å². The van der Waals surface area contributed by atoms with Crippen LogP contribution in [-0.4, -0.2) is 26.8 Å². The molecular formula is C16H23NO. The Kier molecular flexibility index (Phi) is 2.76. The normalized spacial score (nSPS) is 23.5. The summed E-state index contributed by atoms with van der Waals surface area (Å²) in [6, 6.07) is 6.89. The molecule has 0 bridgehead atoms. The van der Waals surface area contributed by atoms with Crippen LogP contribution in [0.4, 0.5) is 0 Å². The number of rotatable bonds is 4. The van der Waals surface area contributed by atoms with E-state index < -0.39 is 0 Å². The van der Waals surface area contributed by atoms with Crippen molar-refractivity contribution in [3.8, 4) is 0 Å². The quantitative estimate of drug-likeness (QED) is 0.880. The van der Waals surface area contributed by atoms with Crippen LogP contribution >= 0.6 is 0 Å². The van der Waals surface area contributed by atoms with Crippen molar-refractivity contribution in [2.75, 3.05) is 26.8 Å². The number of aryl methyl sites for hydroxylation is 2. The van der Waals surface area contributed by atoms with Crippen LogP contribution in [0.2, 0.25) is 0 Å². The van der Waals surface area contributed by atoms with Gasteiger partial charge in [-0.25, -0.2) is 0 Å². The molecule has 18 heavy (non-hydrogen) atoms. The second kappa shape index (κ2) is 4.07. The van der Waals surface area contributed by atoms with Gasteiger partial charge in [-0.2, -0.15) is 0 Å². The molecule has 1 aliphatic carbocycles. The fraction of sp³-hybridized carbons (Fsp3) is 0.625. The summed E-state index contributed by atoms with van der Waals surface area (Å²) in [5.41, 5.74) is 5.02. The molecule has 1 aromatic rings. The van der Waals surface area contributed by atoms with Gasteiger partial charge in [0.15, 0.2) is 0 Å². The van der Waals surface area contributed by atoms with Gasteiger partial charge >= 0.3 is 0 Å². The second-order valence-electron chi connectivity index (χ2n) is 6.20. The zero-order valence-electron chi connectivity index (χ0n) is 11.7. The molecule has 1 aliphatic heterocycles. The standard InChI is InChI=1S/C16H23NO/c1-12-4-5-14(13(2)8-12)16(10-18-11-16)15(6-7-15)9-17-3/h4-5,8,17H,6-7,9-11H2,1-3H3. The van der Waals surface area contributed by atoms with E-state index in [2.05, 4.69) is 44.4 Å². The van der Waals surface area contributed by atoms with Crippen LogP contribution in [0.15, 0.2) is 18.2 Å². The smallest absolute Gasteiger partial charge is 0.0591 e. The Hall–Kier alpha value is -0.860. The number of ether oxygens (including phenoxy) is 1. The third-order valence-corrected chi connectivity index (χ3v) is 4.98. The predicted molar refractivity (Wildman–Crippen MR) is 74.0 cm³/mol. The molecule has 1 saturated carbocycles. The second-order valence-corrected chi connectivity index (χ2v) is 6.20. The van der Waals surface area contributed by atoms with E-state index in [0.717, 1.165) is 19.8 Å². The SMILES string of the molecule is CNCC1(C2(c3ccc(C)cc3C)COC2)CC1. The van der Waals surface area contributed by atoms with Crippen molar-refractivity contribution in [1.29, 1.82) is 0 Å². The molecule has 0 radical (unpaired) electrons. The number of nitrogens with one attached hydrogen (secondary N) is 1. The third-order valence-electron chi connectivity index (χ3n) is 4.98. The first-order valence-electron chi connectivity index (χ1n) is 6.94. The number of hydrogen-bond donors (Lipinski definition) is 1. The van der Waals surface area contributed by atoms with E-state index in [0.29, 0.717) is 5.41 Å². The zero-order chi connectivity index (χ0) is 12.8. The zero-order valence-corrected chi connectivity index (χ0v) is 11.7. The summed E-state index contributed by atoms with van der Waals surface area (Å²) in [7, 11) is 2.06. The maximum Gasteiger partial charge on any atom is 0.0591 e.